The molecular weight excluding hydrogens is 261 g/mol. The van der Waals surface area contributed by atoms with Gasteiger partial charge in [0, 0.05) is 18.7 Å². The highest BCUT2D eigenvalue weighted by molar-refractivity contribution is 6.42. The first-order valence-electron chi connectivity index (χ1n) is 4.84. The molecule has 2 N–H and O–H groups in total. The molecule has 0 unspecified atom stereocenters. The van der Waals surface area contributed by atoms with E-state index >= 15 is 0 Å². The number of hydrogen-bond acceptors (Lipinski definition) is 4. The summed E-state index contributed by atoms with van der Waals surface area (Å²) in [7, 11) is 0. The first-order valence-corrected chi connectivity index (χ1v) is 5.60. The number of nitrogens with zero attached hydrogens (tertiary/aromatic N) is 2. The first-order chi connectivity index (χ1) is 8.19. The summed E-state index contributed by atoms with van der Waals surface area (Å²) in [4.78, 5) is 0. The Balaban J connectivity index is 2.16. The Morgan fingerprint density at radius 1 is 1.06 bits per heavy atom. The smallest absolute Gasteiger partial charge is 0.238 e. The number of hydrogen-bond donors (Lipinski definition) is 1. The molecule has 0 amide bonds. The summed E-state index contributed by atoms with van der Waals surface area (Å²) in [5.74, 6) is 0.926. The lowest BCUT2D eigenvalue weighted by atomic mass is 10.3. The first kappa shape index (κ1) is 12.1. The van der Waals surface area contributed by atoms with Crippen LogP contribution >= 0.6 is 23.2 Å². The minimum Gasteiger partial charge on any atom is -0.437 e. The molecule has 1 aromatic carbocycles. The van der Waals surface area contributed by atoms with Crippen LogP contribution in [-0.2, 0) is 6.54 Å². The Bertz CT molecular complexity index is 517. The van der Waals surface area contributed by atoms with E-state index in [1.54, 1.807) is 30.3 Å². The van der Waals surface area contributed by atoms with Gasteiger partial charge in [-0.15, -0.1) is 5.10 Å². The predicted octanol–water partition coefficient (Wildman–Crippen LogP) is 3.03. The second-order valence-electron chi connectivity index (χ2n) is 3.25. The van der Waals surface area contributed by atoms with Crippen LogP contribution in [0.1, 0.15) is 5.69 Å². The summed E-state index contributed by atoms with van der Waals surface area (Å²) < 4.78 is 5.46. The molecule has 0 aliphatic carbocycles. The second kappa shape index (κ2) is 5.31. The zero-order chi connectivity index (χ0) is 12.3. The fraction of sp³-hybridized carbons (Fsp3) is 0.0909. The average molecular weight is 270 g/mol. The maximum Gasteiger partial charge on any atom is 0.238 e. The van der Waals surface area contributed by atoms with Gasteiger partial charge in [0.25, 0.3) is 0 Å². The average Bonchev–Trinajstić information content (AvgIpc) is 2.35. The molecule has 17 heavy (non-hydrogen) atoms. The monoisotopic (exact) mass is 269 g/mol. The number of nitrogens with two attached hydrogens (primary N) is 1. The zero-order valence-corrected chi connectivity index (χ0v) is 10.2. The van der Waals surface area contributed by atoms with E-state index < -0.39 is 0 Å². The van der Waals surface area contributed by atoms with Crippen molar-refractivity contribution >= 4 is 23.2 Å². The van der Waals surface area contributed by atoms with Crippen LogP contribution in [0.5, 0.6) is 11.6 Å². The molecule has 0 aliphatic heterocycles. The van der Waals surface area contributed by atoms with Crippen LogP contribution in [0.2, 0.25) is 10.0 Å². The fourth-order valence-electron chi connectivity index (χ4n) is 1.17. The van der Waals surface area contributed by atoms with E-state index in [4.69, 9.17) is 33.7 Å². The lowest BCUT2D eigenvalue weighted by Crippen LogP contribution is -2.01. The van der Waals surface area contributed by atoms with Gasteiger partial charge in [0.15, 0.2) is 0 Å². The molecule has 1 aromatic heterocycles. The third-order valence-corrected chi connectivity index (χ3v) is 2.76. The lowest BCUT2D eigenvalue weighted by Gasteiger charge is -2.05. The van der Waals surface area contributed by atoms with Gasteiger partial charge in [0.2, 0.25) is 5.88 Å². The van der Waals surface area contributed by atoms with E-state index in [1.165, 1.54) is 0 Å². The van der Waals surface area contributed by atoms with Gasteiger partial charge in [-0.25, -0.2) is 0 Å². The SMILES string of the molecule is NCc1ccc(Oc2ccc(Cl)c(Cl)c2)nn1. The molecule has 4 nitrogen and oxygen atoms in total. The molecule has 0 bridgehead atoms. The Morgan fingerprint density at radius 3 is 2.47 bits per heavy atom. The van der Waals surface area contributed by atoms with Gasteiger partial charge >= 0.3 is 0 Å². The number of aromatic nitrogens is 2. The molecule has 0 saturated carbocycles. The van der Waals surface area contributed by atoms with Crippen molar-refractivity contribution in [2.45, 2.75) is 6.54 Å². The molecular formula is C11H9Cl2N3O. The van der Waals surface area contributed by atoms with Crippen molar-refractivity contribution in [1.29, 1.82) is 0 Å². The summed E-state index contributed by atoms with van der Waals surface area (Å²) in [5.41, 5.74) is 6.11. The van der Waals surface area contributed by atoms with E-state index in [-0.39, 0.29) is 0 Å². The lowest BCUT2D eigenvalue weighted by molar-refractivity contribution is 0.454. The molecule has 0 spiro atoms. The maximum absolute atomic E-state index is 5.86. The molecule has 0 saturated heterocycles. The van der Waals surface area contributed by atoms with Gasteiger partial charge in [-0.2, -0.15) is 5.10 Å². The van der Waals surface area contributed by atoms with Crippen molar-refractivity contribution in [3.05, 3.63) is 46.1 Å². The topological polar surface area (TPSA) is 61.0 Å². The quantitative estimate of drug-likeness (QED) is 0.931. The van der Waals surface area contributed by atoms with Crippen LogP contribution in [0.15, 0.2) is 30.3 Å². The number of ether oxygens (including phenoxy) is 1. The summed E-state index contributed by atoms with van der Waals surface area (Å²) in [6.07, 6.45) is 0. The summed E-state index contributed by atoms with van der Waals surface area (Å²) >= 11 is 11.7. The number of halogens is 2. The van der Waals surface area contributed by atoms with Crippen LogP contribution in [0.3, 0.4) is 0 Å². The highest BCUT2D eigenvalue weighted by Crippen LogP contribution is 2.28. The zero-order valence-electron chi connectivity index (χ0n) is 8.73. The molecule has 0 aliphatic rings. The van der Waals surface area contributed by atoms with Gasteiger partial charge in [-0.1, -0.05) is 23.2 Å². The van der Waals surface area contributed by atoms with E-state index in [0.717, 1.165) is 0 Å². The molecule has 0 radical (unpaired) electrons. The van der Waals surface area contributed by atoms with Gasteiger partial charge < -0.3 is 10.5 Å². The van der Waals surface area contributed by atoms with Crippen molar-refractivity contribution in [2.75, 3.05) is 0 Å². The number of benzene rings is 1. The van der Waals surface area contributed by atoms with Crippen molar-refractivity contribution in [3.63, 3.8) is 0 Å². The Morgan fingerprint density at radius 2 is 1.88 bits per heavy atom. The molecule has 6 heteroatoms. The van der Waals surface area contributed by atoms with E-state index in [9.17, 15) is 0 Å². The summed E-state index contributed by atoms with van der Waals surface area (Å²) in [6, 6.07) is 8.41. The van der Waals surface area contributed by atoms with E-state index in [1.807, 2.05) is 0 Å². The van der Waals surface area contributed by atoms with Crippen LogP contribution in [0.25, 0.3) is 0 Å². The number of rotatable bonds is 3. The Labute approximate surface area is 108 Å². The van der Waals surface area contributed by atoms with Crippen LogP contribution < -0.4 is 10.5 Å². The third kappa shape index (κ3) is 3.06. The molecule has 0 atom stereocenters. The van der Waals surface area contributed by atoms with Crippen LogP contribution in [-0.4, -0.2) is 10.2 Å². The Kier molecular flexibility index (Phi) is 3.78. The van der Waals surface area contributed by atoms with Crippen molar-refractivity contribution in [2.24, 2.45) is 5.73 Å². The largest absolute Gasteiger partial charge is 0.437 e. The highest BCUT2D eigenvalue weighted by atomic mass is 35.5. The third-order valence-electron chi connectivity index (χ3n) is 2.02. The van der Waals surface area contributed by atoms with Crippen molar-refractivity contribution in [1.82, 2.24) is 10.2 Å². The maximum atomic E-state index is 5.86. The Hall–Kier alpha value is -1.36. The van der Waals surface area contributed by atoms with E-state index in [0.29, 0.717) is 33.9 Å². The minimum atomic E-state index is 0.347. The molecule has 2 aromatic rings. The van der Waals surface area contributed by atoms with Gasteiger partial charge in [0.1, 0.15) is 5.75 Å². The highest BCUT2D eigenvalue weighted by Gasteiger charge is 2.03. The second-order valence-corrected chi connectivity index (χ2v) is 4.06. The summed E-state index contributed by atoms with van der Waals surface area (Å²) in [6.45, 7) is 0.347. The van der Waals surface area contributed by atoms with Gasteiger partial charge in [-0.3, -0.25) is 0 Å². The predicted molar refractivity (Wildman–Crippen MR) is 66.5 cm³/mol. The van der Waals surface area contributed by atoms with Crippen molar-refractivity contribution in [3.8, 4) is 11.6 Å². The van der Waals surface area contributed by atoms with E-state index in [2.05, 4.69) is 10.2 Å². The van der Waals surface area contributed by atoms with Crippen LogP contribution in [0, 0.1) is 0 Å². The fourth-order valence-corrected chi connectivity index (χ4v) is 1.46. The summed E-state index contributed by atoms with van der Waals surface area (Å²) in [5, 5.41) is 8.64. The minimum absolute atomic E-state index is 0.347. The molecule has 1 heterocycles. The molecule has 0 fully saturated rings. The normalized spacial score (nSPS) is 10.3. The molecule has 2 rings (SSSR count). The standard InChI is InChI=1S/C11H9Cl2N3O/c12-9-3-2-8(5-10(9)13)17-11-4-1-7(6-14)15-16-11/h1-5H,6,14H2. The van der Waals surface area contributed by atoms with Gasteiger partial charge in [-0.05, 0) is 18.2 Å². The van der Waals surface area contributed by atoms with Crippen molar-refractivity contribution < 1.29 is 4.74 Å². The molecule has 88 valence electrons. The van der Waals surface area contributed by atoms with Crippen LogP contribution in [0.4, 0.5) is 0 Å². The van der Waals surface area contributed by atoms with Gasteiger partial charge in [0.05, 0.1) is 15.7 Å².